The Bertz CT molecular complexity index is 606. The average Bonchev–Trinajstić information content (AvgIpc) is 2.69. The predicted octanol–water partition coefficient (Wildman–Crippen LogP) is -2.55. The maximum absolute atomic E-state index is 12.3. The number of aryl methyl sites for hydroxylation is 1. The van der Waals surface area contributed by atoms with Crippen molar-refractivity contribution in [3.05, 3.63) is 6.20 Å². The van der Waals surface area contributed by atoms with Crippen LogP contribution in [0.2, 0.25) is 0 Å². The van der Waals surface area contributed by atoms with E-state index in [4.69, 9.17) is 17.2 Å². The van der Waals surface area contributed by atoms with Crippen molar-refractivity contribution >= 4 is 27.7 Å². The molecule has 0 bridgehead atoms. The molecule has 1 aromatic rings. The van der Waals surface area contributed by atoms with Crippen LogP contribution in [0.3, 0.4) is 0 Å². The Morgan fingerprint density at radius 3 is 2.15 bits per heavy atom. The SMILES string of the molecule is CCn1cc(S(=O)(=O)N(CC(N)=O)CC(N)=O)c(N)n1. The Kier molecular flexibility index (Phi) is 4.68. The van der Waals surface area contributed by atoms with E-state index in [1.54, 1.807) is 6.92 Å². The molecule has 6 N–H and O–H groups in total. The van der Waals surface area contributed by atoms with Crippen molar-refractivity contribution < 1.29 is 18.0 Å². The third kappa shape index (κ3) is 3.45. The molecule has 1 rings (SSSR count). The van der Waals surface area contributed by atoms with Crippen molar-refractivity contribution in [1.82, 2.24) is 14.1 Å². The van der Waals surface area contributed by atoms with Crippen LogP contribution in [0, 0.1) is 0 Å². The molecule has 11 heteroatoms. The van der Waals surface area contributed by atoms with Gasteiger partial charge in [0.25, 0.3) is 0 Å². The van der Waals surface area contributed by atoms with Gasteiger partial charge in [0.2, 0.25) is 21.8 Å². The van der Waals surface area contributed by atoms with Crippen molar-refractivity contribution in [2.45, 2.75) is 18.4 Å². The van der Waals surface area contributed by atoms with E-state index in [-0.39, 0.29) is 10.7 Å². The third-order valence-corrected chi connectivity index (χ3v) is 4.17. The fourth-order valence-corrected chi connectivity index (χ4v) is 2.92. The van der Waals surface area contributed by atoms with Gasteiger partial charge in [-0.2, -0.15) is 9.40 Å². The fraction of sp³-hybridized carbons (Fsp3) is 0.444. The molecule has 0 aliphatic heterocycles. The fourth-order valence-electron chi connectivity index (χ4n) is 1.49. The first-order valence-corrected chi connectivity index (χ1v) is 7.02. The second-order valence-electron chi connectivity index (χ2n) is 3.94. The zero-order chi connectivity index (χ0) is 15.5. The number of nitrogens with zero attached hydrogens (tertiary/aromatic N) is 3. The van der Waals surface area contributed by atoms with Gasteiger partial charge in [0, 0.05) is 12.7 Å². The highest BCUT2D eigenvalue weighted by atomic mass is 32.2. The lowest BCUT2D eigenvalue weighted by molar-refractivity contribution is -0.120. The van der Waals surface area contributed by atoms with Crippen molar-refractivity contribution in [3.8, 4) is 0 Å². The van der Waals surface area contributed by atoms with Gasteiger partial charge in [-0.1, -0.05) is 0 Å². The Morgan fingerprint density at radius 2 is 1.80 bits per heavy atom. The maximum Gasteiger partial charge on any atom is 0.249 e. The van der Waals surface area contributed by atoms with E-state index in [1.165, 1.54) is 10.9 Å². The second kappa shape index (κ2) is 5.88. The molecule has 0 aliphatic carbocycles. The molecular formula is C9H16N6O4S. The minimum atomic E-state index is -4.19. The number of anilines is 1. The maximum atomic E-state index is 12.3. The van der Waals surface area contributed by atoms with Gasteiger partial charge in [-0.25, -0.2) is 8.42 Å². The van der Waals surface area contributed by atoms with Gasteiger partial charge < -0.3 is 17.2 Å². The summed E-state index contributed by atoms with van der Waals surface area (Å²) in [5.41, 5.74) is 15.5. The van der Waals surface area contributed by atoms with Crippen molar-refractivity contribution in [3.63, 3.8) is 0 Å². The monoisotopic (exact) mass is 304 g/mol. The van der Waals surface area contributed by atoms with Crippen LogP contribution in [-0.4, -0.2) is 47.4 Å². The van der Waals surface area contributed by atoms with Crippen LogP contribution in [0.4, 0.5) is 5.82 Å². The van der Waals surface area contributed by atoms with Gasteiger partial charge in [-0.05, 0) is 6.92 Å². The van der Waals surface area contributed by atoms with E-state index in [9.17, 15) is 18.0 Å². The van der Waals surface area contributed by atoms with Crippen LogP contribution in [-0.2, 0) is 26.2 Å². The van der Waals surface area contributed by atoms with Gasteiger partial charge in [0.1, 0.15) is 4.90 Å². The summed E-state index contributed by atoms with van der Waals surface area (Å²) in [5.74, 6) is -2.07. The topological polar surface area (TPSA) is 167 Å². The summed E-state index contributed by atoms with van der Waals surface area (Å²) in [6.07, 6.45) is 1.21. The van der Waals surface area contributed by atoms with Crippen LogP contribution in [0.15, 0.2) is 11.1 Å². The summed E-state index contributed by atoms with van der Waals surface area (Å²) >= 11 is 0. The molecule has 0 saturated carbocycles. The molecule has 0 atom stereocenters. The van der Waals surface area contributed by atoms with Crippen LogP contribution in [0.25, 0.3) is 0 Å². The van der Waals surface area contributed by atoms with Crippen LogP contribution in [0.5, 0.6) is 0 Å². The van der Waals surface area contributed by atoms with E-state index in [1.807, 2.05) is 0 Å². The lowest BCUT2D eigenvalue weighted by Crippen LogP contribution is -2.43. The molecule has 0 spiro atoms. The number of carbonyl (C=O) groups excluding carboxylic acids is 2. The summed E-state index contributed by atoms with van der Waals surface area (Å²) in [7, 11) is -4.19. The highest BCUT2D eigenvalue weighted by Gasteiger charge is 2.31. The molecule has 0 aliphatic rings. The van der Waals surface area contributed by atoms with Crippen molar-refractivity contribution in [2.24, 2.45) is 11.5 Å². The molecule has 0 aromatic carbocycles. The summed E-state index contributed by atoms with van der Waals surface area (Å²) in [6.45, 7) is 0.794. The molecule has 0 saturated heterocycles. The number of nitrogen functional groups attached to an aromatic ring is 1. The van der Waals surface area contributed by atoms with Gasteiger partial charge >= 0.3 is 0 Å². The quantitative estimate of drug-likeness (QED) is 0.501. The summed E-state index contributed by atoms with van der Waals surface area (Å²) in [6, 6.07) is 0. The Hall–Kier alpha value is -2.14. The zero-order valence-electron chi connectivity index (χ0n) is 10.8. The van der Waals surface area contributed by atoms with Crippen LogP contribution < -0.4 is 17.2 Å². The van der Waals surface area contributed by atoms with Gasteiger partial charge in [-0.15, -0.1) is 0 Å². The van der Waals surface area contributed by atoms with Crippen LogP contribution in [0.1, 0.15) is 6.92 Å². The molecule has 112 valence electrons. The Labute approximate surface area is 115 Å². The first kappa shape index (κ1) is 15.9. The normalized spacial score (nSPS) is 11.7. The zero-order valence-corrected chi connectivity index (χ0v) is 11.6. The van der Waals surface area contributed by atoms with Gasteiger partial charge in [0.05, 0.1) is 13.1 Å². The van der Waals surface area contributed by atoms with E-state index in [2.05, 4.69) is 5.10 Å². The number of aromatic nitrogens is 2. The Balaban J connectivity index is 3.23. The number of nitrogens with two attached hydrogens (primary N) is 3. The lowest BCUT2D eigenvalue weighted by Gasteiger charge is -2.18. The first-order valence-electron chi connectivity index (χ1n) is 5.58. The number of hydrogen-bond donors (Lipinski definition) is 3. The minimum absolute atomic E-state index is 0.231. The number of rotatable bonds is 7. The molecule has 1 heterocycles. The van der Waals surface area contributed by atoms with E-state index >= 15 is 0 Å². The van der Waals surface area contributed by atoms with Gasteiger partial charge in [0.15, 0.2) is 5.82 Å². The lowest BCUT2D eigenvalue weighted by atomic mass is 10.5. The molecule has 20 heavy (non-hydrogen) atoms. The highest BCUT2D eigenvalue weighted by molar-refractivity contribution is 7.89. The molecule has 0 unspecified atom stereocenters. The summed E-state index contributed by atoms with van der Waals surface area (Å²) in [4.78, 5) is 21.6. The largest absolute Gasteiger partial charge is 0.381 e. The summed E-state index contributed by atoms with van der Waals surface area (Å²) in [5, 5.41) is 3.79. The number of primary amides is 2. The summed E-state index contributed by atoms with van der Waals surface area (Å²) < 4.78 is 26.5. The number of hydrogen-bond acceptors (Lipinski definition) is 6. The second-order valence-corrected chi connectivity index (χ2v) is 5.85. The average molecular weight is 304 g/mol. The molecule has 0 radical (unpaired) electrons. The van der Waals surface area contributed by atoms with E-state index in [0.717, 1.165) is 0 Å². The Morgan fingerprint density at radius 1 is 1.30 bits per heavy atom. The smallest absolute Gasteiger partial charge is 0.249 e. The third-order valence-electron chi connectivity index (χ3n) is 2.36. The molecule has 0 fully saturated rings. The van der Waals surface area contributed by atoms with Gasteiger partial charge in [-0.3, -0.25) is 14.3 Å². The van der Waals surface area contributed by atoms with E-state index in [0.29, 0.717) is 10.8 Å². The van der Waals surface area contributed by atoms with Crippen molar-refractivity contribution in [1.29, 1.82) is 0 Å². The van der Waals surface area contributed by atoms with Crippen molar-refractivity contribution in [2.75, 3.05) is 18.8 Å². The number of amides is 2. The number of carbonyl (C=O) groups is 2. The molecule has 2 amide bonds. The van der Waals surface area contributed by atoms with Crippen LogP contribution >= 0.6 is 0 Å². The molecule has 1 aromatic heterocycles. The minimum Gasteiger partial charge on any atom is -0.381 e. The number of sulfonamides is 1. The standard InChI is InChI=1S/C9H16N6O4S/c1-2-14-3-6(9(12)13-14)20(18,19)15(4-7(10)16)5-8(11)17/h3H,2,4-5H2,1H3,(H2,10,16)(H2,11,17)(H2,12,13). The molecular weight excluding hydrogens is 288 g/mol. The first-order chi connectivity index (χ1) is 9.18. The molecule has 10 nitrogen and oxygen atoms in total. The predicted molar refractivity (Wildman–Crippen MR) is 69.5 cm³/mol. The van der Waals surface area contributed by atoms with E-state index < -0.39 is 34.9 Å². The highest BCUT2D eigenvalue weighted by Crippen LogP contribution is 2.20.